The second-order valence-corrected chi connectivity index (χ2v) is 6.23. The van der Waals surface area contributed by atoms with Crippen molar-refractivity contribution in [1.82, 2.24) is 4.57 Å². The van der Waals surface area contributed by atoms with Gasteiger partial charge in [-0.15, -0.1) is 0 Å². The number of carbonyl (C=O) groups excluding carboxylic acids is 1. The Kier molecular flexibility index (Phi) is 3.62. The first-order valence-corrected chi connectivity index (χ1v) is 6.72. The first-order valence-electron chi connectivity index (χ1n) is 6.72. The van der Waals surface area contributed by atoms with Crippen molar-refractivity contribution in [2.75, 3.05) is 6.61 Å². The van der Waals surface area contributed by atoms with Crippen LogP contribution in [0.15, 0.2) is 12.3 Å². The summed E-state index contributed by atoms with van der Waals surface area (Å²) in [7, 11) is 0. The van der Waals surface area contributed by atoms with Crippen LogP contribution in [0, 0.1) is 5.41 Å². The van der Waals surface area contributed by atoms with Crippen LogP contribution in [0.25, 0.3) is 0 Å². The van der Waals surface area contributed by atoms with Gasteiger partial charge in [-0.1, -0.05) is 13.8 Å². The zero-order chi connectivity index (χ0) is 13.3. The van der Waals surface area contributed by atoms with Gasteiger partial charge in [-0.05, 0) is 31.7 Å². The van der Waals surface area contributed by atoms with E-state index in [9.17, 15) is 4.79 Å². The van der Waals surface area contributed by atoms with Gasteiger partial charge in [0.1, 0.15) is 0 Å². The second-order valence-electron chi connectivity index (χ2n) is 6.23. The highest BCUT2D eigenvalue weighted by Gasteiger charge is 2.32. The quantitative estimate of drug-likeness (QED) is 0.821. The summed E-state index contributed by atoms with van der Waals surface area (Å²) in [4.78, 5) is 12.1. The van der Waals surface area contributed by atoms with Crippen LogP contribution >= 0.6 is 0 Å². The van der Waals surface area contributed by atoms with Crippen molar-refractivity contribution in [3.05, 3.63) is 23.5 Å². The third-order valence-electron chi connectivity index (χ3n) is 3.45. The van der Waals surface area contributed by atoms with Crippen LogP contribution in [-0.4, -0.2) is 23.1 Å². The van der Waals surface area contributed by atoms with Crippen LogP contribution in [-0.2, 0) is 17.7 Å². The molecule has 0 N–H and O–H groups in total. The Morgan fingerprint density at radius 2 is 2.11 bits per heavy atom. The Morgan fingerprint density at radius 3 is 2.78 bits per heavy atom. The Labute approximate surface area is 109 Å². The van der Waals surface area contributed by atoms with E-state index in [1.165, 1.54) is 5.69 Å². The summed E-state index contributed by atoms with van der Waals surface area (Å²) in [6, 6.07) is 1.96. The van der Waals surface area contributed by atoms with E-state index in [0.717, 1.165) is 18.5 Å². The van der Waals surface area contributed by atoms with Gasteiger partial charge < -0.3 is 9.30 Å². The summed E-state index contributed by atoms with van der Waals surface area (Å²) in [6.07, 6.45) is 3.91. The number of aromatic nitrogens is 1. The van der Waals surface area contributed by atoms with E-state index in [1.807, 2.05) is 26.1 Å². The Balaban J connectivity index is 2.13. The SMILES string of the molecule is CC(C)OCCn1ccc2c1CC(C)(C)CC2=O. The first kappa shape index (κ1) is 13.3. The standard InChI is InChI=1S/C15H23NO2/c1-11(2)18-8-7-16-6-5-12-13(16)9-15(3,4)10-14(12)17/h5-6,11H,7-10H2,1-4H3. The molecule has 0 fully saturated rings. The van der Waals surface area contributed by atoms with E-state index in [0.29, 0.717) is 13.0 Å². The molecule has 1 aliphatic rings. The molecule has 0 amide bonds. The van der Waals surface area contributed by atoms with Gasteiger partial charge in [-0.3, -0.25) is 4.79 Å². The molecule has 0 radical (unpaired) electrons. The lowest BCUT2D eigenvalue weighted by Gasteiger charge is -2.29. The molecule has 0 unspecified atom stereocenters. The van der Waals surface area contributed by atoms with E-state index in [-0.39, 0.29) is 17.3 Å². The molecule has 100 valence electrons. The van der Waals surface area contributed by atoms with Crippen LogP contribution in [0.1, 0.15) is 50.2 Å². The number of ketones is 1. The second kappa shape index (κ2) is 4.88. The molecule has 0 bridgehead atoms. The molecule has 0 saturated heterocycles. The molecule has 0 aromatic carbocycles. The lowest BCUT2D eigenvalue weighted by atomic mass is 9.76. The molecule has 1 aromatic heterocycles. The predicted octanol–water partition coefficient (Wildman–Crippen LogP) is 3.07. The highest BCUT2D eigenvalue weighted by molar-refractivity contribution is 5.98. The van der Waals surface area contributed by atoms with Gasteiger partial charge >= 0.3 is 0 Å². The highest BCUT2D eigenvalue weighted by atomic mass is 16.5. The van der Waals surface area contributed by atoms with E-state index < -0.39 is 0 Å². The molecule has 1 heterocycles. The monoisotopic (exact) mass is 249 g/mol. The number of rotatable bonds is 4. The molecule has 3 heteroatoms. The Bertz CT molecular complexity index is 443. The fourth-order valence-corrected chi connectivity index (χ4v) is 2.60. The van der Waals surface area contributed by atoms with Gasteiger partial charge in [-0.2, -0.15) is 0 Å². The van der Waals surface area contributed by atoms with Crippen LogP contribution in [0.4, 0.5) is 0 Å². The minimum Gasteiger partial charge on any atom is -0.377 e. The third kappa shape index (κ3) is 2.83. The summed E-state index contributed by atoms with van der Waals surface area (Å²) < 4.78 is 7.76. The molecule has 0 spiro atoms. The summed E-state index contributed by atoms with van der Waals surface area (Å²) in [5.74, 6) is 0.282. The summed E-state index contributed by atoms with van der Waals surface area (Å²) in [5.41, 5.74) is 2.18. The minimum absolute atomic E-state index is 0.0824. The lowest BCUT2D eigenvalue weighted by Crippen LogP contribution is -2.28. The average Bonchev–Trinajstić information content (AvgIpc) is 2.59. The van der Waals surface area contributed by atoms with Gasteiger partial charge in [0.2, 0.25) is 0 Å². The number of fused-ring (bicyclic) bond motifs is 1. The van der Waals surface area contributed by atoms with Crippen molar-refractivity contribution in [3.8, 4) is 0 Å². The minimum atomic E-state index is 0.0824. The maximum atomic E-state index is 12.1. The van der Waals surface area contributed by atoms with Gasteiger partial charge in [0.05, 0.1) is 12.7 Å². The summed E-state index contributed by atoms with van der Waals surface area (Å²) in [6.45, 7) is 9.94. The van der Waals surface area contributed by atoms with Crippen molar-refractivity contribution < 1.29 is 9.53 Å². The van der Waals surface area contributed by atoms with Crippen LogP contribution in [0.2, 0.25) is 0 Å². The van der Waals surface area contributed by atoms with Crippen LogP contribution < -0.4 is 0 Å². The third-order valence-corrected chi connectivity index (χ3v) is 3.45. The summed E-state index contributed by atoms with van der Waals surface area (Å²) in [5, 5.41) is 0. The zero-order valence-corrected chi connectivity index (χ0v) is 11.8. The Hall–Kier alpha value is -1.09. The molecule has 0 atom stereocenters. The van der Waals surface area contributed by atoms with E-state index >= 15 is 0 Å². The van der Waals surface area contributed by atoms with Crippen molar-refractivity contribution in [2.45, 2.75) is 53.2 Å². The molecule has 1 aliphatic carbocycles. The van der Waals surface area contributed by atoms with E-state index in [2.05, 4.69) is 18.4 Å². The fraction of sp³-hybridized carbons (Fsp3) is 0.667. The fourth-order valence-electron chi connectivity index (χ4n) is 2.60. The van der Waals surface area contributed by atoms with Crippen molar-refractivity contribution in [1.29, 1.82) is 0 Å². The van der Waals surface area contributed by atoms with E-state index in [1.54, 1.807) is 0 Å². The summed E-state index contributed by atoms with van der Waals surface area (Å²) >= 11 is 0. The highest BCUT2D eigenvalue weighted by Crippen LogP contribution is 2.35. The largest absolute Gasteiger partial charge is 0.377 e. The van der Waals surface area contributed by atoms with Gasteiger partial charge in [-0.25, -0.2) is 0 Å². The maximum absolute atomic E-state index is 12.1. The Morgan fingerprint density at radius 1 is 1.39 bits per heavy atom. The van der Waals surface area contributed by atoms with Crippen molar-refractivity contribution >= 4 is 5.78 Å². The first-order chi connectivity index (χ1) is 8.39. The van der Waals surface area contributed by atoms with Crippen LogP contribution in [0.3, 0.4) is 0 Å². The van der Waals surface area contributed by atoms with Gasteiger partial charge in [0, 0.05) is 30.4 Å². The molecule has 0 saturated carbocycles. The molecular formula is C15H23NO2. The zero-order valence-electron chi connectivity index (χ0n) is 11.8. The molecule has 18 heavy (non-hydrogen) atoms. The number of ether oxygens (including phenoxy) is 1. The molecule has 3 nitrogen and oxygen atoms in total. The smallest absolute Gasteiger partial charge is 0.165 e. The lowest BCUT2D eigenvalue weighted by molar-refractivity contribution is 0.0716. The van der Waals surface area contributed by atoms with Crippen molar-refractivity contribution in [3.63, 3.8) is 0 Å². The maximum Gasteiger partial charge on any atom is 0.165 e. The number of Topliss-reactive ketones (excluding diaryl/α,β-unsaturated/α-hetero) is 1. The number of carbonyl (C=O) groups is 1. The number of hydrogen-bond donors (Lipinski definition) is 0. The van der Waals surface area contributed by atoms with Gasteiger partial charge in [0.15, 0.2) is 5.78 Å². The molecule has 2 rings (SSSR count). The van der Waals surface area contributed by atoms with Gasteiger partial charge in [0.25, 0.3) is 0 Å². The molecular weight excluding hydrogens is 226 g/mol. The molecule has 0 aliphatic heterocycles. The van der Waals surface area contributed by atoms with Crippen molar-refractivity contribution in [2.24, 2.45) is 5.41 Å². The van der Waals surface area contributed by atoms with E-state index in [4.69, 9.17) is 4.74 Å². The molecule has 1 aromatic rings. The number of nitrogens with zero attached hydrogens (tertiary/aromatic N) is 1. The average molecular weight is 249 g/mol. The van der Waals surface area contributed by atoms with Crippen LogP contribution in [0.5, 0.6) is 0 Å². The number of hydrogen-bond acceptors (Lipinski definition) is 2. The normalized spacial score (nSPS) is 18.2. The topological polar surface area (TPSA) is 31.2 Å². The predicted molar refractivity (Wildman–Crippen MR) is 72.0 cm³/mol.